The maximum atomic E-state index is 12.8. The number of benzene rings is 1. The van der Waals surface area contributed by atoms with Crippen LogP contribution in [0, 0.1) is 11.8 Å². The van der Waals surface area contributed by atoms with Crippen molar-refractivity contribution in [1.29, 1.82) is 0 Å². The number of thioether (sulfide) groups is 1. The normalized spacial score (nSPS) is 25.2. The van der Waals surface area contributed by atoms with Gasteiger partial charge in [-0.1, -0.05) is 61.7 Å². The Morgan fingerprint density at radius 2 is 2.03 bits per heavy atom. The number of nitrogens with one attached hydrogen (secondary N) is 1. The van der Waals surface area contributed by atoms with Crippen molar-refractivity contribution in [3.63, 3.8) is 0 Å². The van der Waals surface area contributed by atoms with Crippen LogP contribution in [0.1, 0.15) is 50.8 Å². The number of halogens is 2. The van der Waals surface area contributed by atoms with Crippen molar-refractivity contribution in [3.8, 4) is 0 Å². The van der Waals surface area contributed by atoms with Gasteiger partial charge in [0.05, 0.1) is 15.1 Å². The highest BCUT2D eigenvalue weighted by Crippen LogP contribution is 2.58. The van der Waals surface area contributed by atoms with Gasteiger partial charge in [-0.05, 0) is 42.9 Å². The van der Waals surface area contributed by atoms with Crippen molar-refractivity contribution in [1.82, 2.24) is 4.57 Å². The fourth-order valence-electron chi connectivity index (χ4n) is 4.63. The molecular weight excluding hydrogens is 447 g/mol. The Hall–Kier alpha value is -0.950. The second kappa shape index (κ2) is 7.95. The Morgan fingerprint density at radius 1 is 1.28 bits per heavy atom. The third-order valence-corrected chi connectivity index (χ3v) is 9.52. The predicted octanol–water partition coefficient (Wildman–Crippen LogP) is 6.26. The van der Waals surface area contributed by atoms with Gasteiger partial charge in [0.2, 0.25) is 5.91 Å². The van der Waals surface area contributed by atoms with Gasteiger partial charge in [-0.2, -0.15) is 0 Å². The number of hydrogen-bond donors (Lipinski definition) is 1. The topological polar surface area (TPSA) is 51.1 Å². The summed E-state index contributed by atoms with van der Waals surface area (Å²) < 4.78 is 1.70. The summed E-state index contributed by atoms with van der Waals surface area (Å²) in [5.41, 5.74) is 0.565. The van der Waals surface area contributed by atoms with Crippen LogP contribution < -0.4 is 10.2 Å². The Labute approximate surface area is 189 Å². The lowest BCUT2D eigenvalue weighted by atomic mass is 9.69. The van der Waals surface area contributed by atoms with Crippen molar-refractivity contribution in [3.05, 3.63) is 42.8 Å². The minimum Gasteiger partial charge on any atom is -0.324 e. The Balaban J connectivity index is 1.60. The summed E-state index contributed by atoms with van der Waals surface area (Å²) in [6.07, 6.45) is 3.58. The Bertz CT molecular complexity index is 1010. The second-order valence-corrected chi connectivity index (χ2v) is 12.1. The van der Waals surface area contributed by atoms with Crippen LogP contribution in [-0.4, -0.2) is 15.2 Å². The van der Waals surface area contributed by atoms with Crippen LogP contribution in [0.15, 0.2) is 28.0 Å². The standard InChI is InChI=1S/C21H24Cl2N2O2S2/c1-11-4-6-14-13(8-11)18-19(29-21(14,2)3)25(20(27)28-18)10-17(26)24-12-5-7-15(22)16(23)9-12/h5,7,9,11,13-14H,4,6,8,10H2,1-3H3,(H,24,26)/t11-,13-,14-/m1/s1. The molecule has 1 aliphatic carbocycles. The van der Waals surface area contributed by atoms with Crippen LogP contribution in [0.5, 0.6) is 0 Å². The van der Waals surface area contributed by atoms with Gasteiger partial charge in [0.15, 0.2) is 0 Å². The van der Waals surface area contributed by atoms with E-state index in [0.29, 0.717) is 33.5 Å². The van der Waals surface area contributed by atoms with Crippen molar-refractivity contribution in [2.45, 2.75) is 62.3 Å². The first kappa shape index (κ1) is 21.3. The van der Waals surface area contributed by atoms with Crippen LogP contribution in [0.3, 0.4) is 0 Å². The van der Waals surface area contributed by atoms with E-state index in [9.17, 15) is 9.59 Å². The molecule has 2 aromatic rings. The first-order chi connectivity index (χ1) is 13.7. The highest BCUT2D eigenvalue weighted by Gasteiger charge is 2.47. The number of fused-ring (bicyclic) bond motifs is 3. The summed E-state index contributed by atoms with van der Waals surface area (Å²) in [5.74, 6) is 1.42. The third-order valence-electron chi connectivity index (χ3n) is 6.08. The molecule has 2 aliphatic rings. The summed E-state index contributed by atoms with van der Waals surface area (Å²) in [7, 11) is 0. The maximum absolute atomic E-state index is 12.8. The highest BCUT2D eigenvalue weighted by molar-refractivity contribution is 8.00. The lowest BCUT2D eigenvalue weighted by molar-refractivity contribution is -0.116. The quantitative estimate of drug-likeness (QED) is 0.575. The fourth-order valence-corrected chi connectivity index (χ4v) is 7.74. The van der Waals surface area contributed by atoms with E-state index in [-0.39, 0.29) is 22.1 Å². The number of carbonyl (C=O) groups is 1. The van der Waals surface area contributed by atoms with Crippen molar-refractivity contribution >= 4 is 57.9 Å². The lowest BCUT2D eigenvalue weighted by Gasteiger charge is -2.47. The molecule has 0 saturated heterocycles. The van der Waals surface area contributed by atoms with Crippen LogP contribution >= 0.6 is 46.3 Å². The van der Waals surface area contributed by atoms with Gasteiger partial charge in [0.25, 0.3) is 0 Å². The van der Waals surface area contributed by atoms with E-state index in [0.717, 1.165) is 11.4 Å². The highest BCUT2D eigenvalue weighted by atomic mass is 35.5. The number of aromatic nitrogens is 1. The van der Waals surface area contributed by atoms with Crippen LogP contribution in [0.4, 0.5) is 5.69 Å². The summed E-state index contributed by atoms with van der Waals surface area (Å²) >= 11 is 15.0. The zero-order valence-electron chi connectivity index (χ0n) is 16.6. The molecule has 156 valence electrons. The molecule has 1 aromatic heterocycles. The molecule has 8 heteroatoms. The van der Waals surface area contributed by atoms with Crippen molar-refractivity contribution < 1.29 is 4.79 Å². The average molecular weight is 471 g/mol. The molecule has 3 atom stereocenters. The maximum Gasteiger partial charge on any atom is 0.308 e. The SMILES string of the molecule is C[C@@H]1CC[C@@H]2[C@@H](C1)c1sc(=O)n(CC(=O)Nc3ccc(Cl)c(Cl)c3)c1SC2(C)C. The molecule has 1 N–H and O–H groups in total. The summed E-state index contributed by atoms with van der Waals surface area (Å²) in [5, 5.41) is 4.61. The first-order valence-corrected chi connectivity index (χ1v) is 12.2. The van der Waals surface area contributed by atoms with Gasteiger partial charge < -0.3 is 5.32 Å². The zero-order valence-corrected chi connectivity index (χ0v) is 19.8. The van der Waals surface area contributed by atoms with Crippen LogP contribution in [-0.2, 0) is 11.3 Å². The lowest BCUT2D eigenvalue weighted by Crippen LogP contribution is -2.39. The minimum atomic E-state index is -0.247. The molecule has 1 aromatic carbocycles. The van der Waals surface area contributed by atoms with Gasteiger partial charge in [-0.15, -0.1) is 11.8 Å². The number of hydrogen-bond acceptors (Lipinski definition) is 4. The minimum absolute atomic E-state index is 0.000925. The number of carbonyl (C=O) groups excluding carboxylic acids is 1. The van der Waals surface area contributed by atoms with E-state index in [4.69, 9.17) is 23.2 Å². The first-order valence-electron chi connectivity index (χ1n) is 9.83. The van der Waals surface area contributed by atoms with E-state index in [1.165, 1.54) is 29.1 Å². The van der Waals surface area contributed by atoms with E-state index in [2.05, 4.69) is 26.1 Å². The molecule has 29 heavy (non-hydrogen) atoms. The van der Waals surface area contributed by atoms with E-state index >= 15 is 0 Å². The number of thiazole rings is 1. The largest absolute Gasteiger partial charge is 0.324 e. The molecule has 1 aliphatic heterocycles. The van der Waals surface area contributed by atoms with Crippen molar-refractivity contribution in [2.75, 3.05) is 5.32 Å². The molecule has 1 saturated carbocycles. The fraction of sp³-hybridized carbons (Fsp3) is 0.524. The van der Waals surface area contributed by atoms with E-state index in [1.54, 1.807) is 34.5 Å². The number of rotatable bonds is 3. The van der Waals surface area contributed by atoms with Gasteiger partial charge in [-0.3, -0.25) is 14.2 Å². The van der Waals surface area contributed by atoms with Crippen molar-refractivity contribution in [2.24, 2.45) is 11.8 Å². The monoisotopic (exact) mass is 470 g/mol. The molecule has 2 heterocycles. The molecule has 0 unspecified atom stereocenters. The molecule has 4 nitrogen and oxygen atoms in total. The second-order valence-electron chi connectivity index (χ2n) is 8.64. The molecule has 0 spiro atoms. The zero-order chi connectivity index (χ0) is 20.9. The Kier molecular flexibility index (Phi) is 5.84. The molecule has 1 fully saturated rings. The molecule has 4 rings (SSSR count). The van der Waals surface area contributed by atoms with Crippen LogP contribution in [0.2, 0.25) is 10.0 Å². The summed E-state index contributed by atoms with van der Waals surface area (Å²) in [4.78, 5) is 26.6. The van der Waals surface area contributed by atoms with Gasteiger partial charge in [0.1, 0.15) is 6.54 Å². The number of amides is 1. The summed E-state index contributed by atoms with van der Waals surface area (Å²) in [6.45, 7) is 6.85. The van der Waals surface area contributed by atoms with Gasteiger partial charge >= 0.3 is 4.87 Å². The molecular formula is C21H24Cl2N2O2S2. The number of anilines is 1. The average Bonchev–Trinajstić information content (AvgIpc) is 2.93. The number of nitrogens with zero attached hydrogens (tertiary/aromatic N) is 1. The third kappa shape index (κ3) is 4.14. The van der Waals surface area contributed by atoms with Gasteiger partial charge in [0, 0.05) is 21.2 Å². The predicted molar refractivity (Wildman–Crippen MR) is 123 cm³/mol. The summed E-state index contributed by atoms with van der Waals surface area (Å²) in [6, 6.07) is 4.95. The van der Waals surface area contributed by atoms with Gasteiger partial charge in [-0.25, -0.2) is 0 Å². The van der Waals surface area contributed by atoms with E-state index in [1.807, 2.05) is 0 Å². The molecule has 1 amide bonds. The van der Waals surface area contributed by atoms with Crippen LogP contribution in [0.25, 0.3) is 0 Å². The smallest absolute Gasteiger partial charge is 0.308 e. The van der Waals surface area contributed by atoms with E-state index < -0.39 is 0 Å². The molecule has 0 bridgehead atoms. The molecule has 0 radical (unpaired) electrons. The Morgan fingerprint density at radius 3 is 2.76 bits per heavy atom.